The molecule has 0 fully saturated rings. The monoisotopic (exact) mass is 354 g/mol. The Kier molecular flexibility index (Phi) is 40.5. The minimum Gasteiger partial charge on any atom is -0.550 e. The molecule has 22 heavy (non-hydrogen) atoms. The zero-order valence-corrected chi connectivity index (χ0v) is 21.0. The van der Waals surface area contributed by atoms with Gasteiger partial charge in [0.15, 0.2) is 0 Å². The Morgan fingerprint density at radius 3 is 0.864 bits per heavy atom. The minimum absolute atomic E-state index is 0. The number of carbonyl (C=O) groups is 4. The van der Waals surface area contributed by atoms with Crippen molar-refractivity contribution in [1.29, 1.82) is 0 Å². The number of rotatable bonds is 6. The predicted molar refractivity (Wildman–Crippen MR) is 45.2 cm³/mol. The zero-order valence-electron chi connectivity index (χ0n) is 13.0. The minimum atomic E-state index is -1.58. The van der Waals surface area contributed by atoms with Crippen LogP contribution in [0.5, 0.6) is 0 Å². The quantitative estimate of drug-likeness (QED) is 0.429. The number of hydrogen-bond acceptors (Lipinski definition) is 10. The smallest absolute Gasteiger partial charge is 0.550 e. The Labute approximate surface area is 214 Å². The summed E-state index contributed by atoms with van der Waals surface area (Å²) in [7, 11) is 0. The SMILES string of the molecule is N[C@@H](CC(=O)[O-])C(=O)[O-].N[C@H](CC(=O)[O-])C(=O)[O-].[Na+].[Na+].[Na+].[Na+]. The summed E-state index contributed by atoms with van der Waals surface area (Å²) in [4.78, 5) is 38.7. The third-order valence-corrected chi connectivity index (χ3v) is 1.38. The molecule has 0 aromatic heterocycles. The Bertz CT molecular complexity index is 312. The van der Waals surface area contributed by atoms with E-state index < -0.39 is 48.8 Å². The summed E-state index contributed by atoms with van der Waals surface area (Å²) in [5.74, 6) is -6.16. The second kappa shape index (κ2) is 22.8. The third kappa shape index (κ3) is 29.8. The molecule has 0 spiro atoms. The molecule has 0 aliphatic rings. The molecule has 0 bridgehead atoms. The van der Waals surface area contributed by atoms with E-state index in [-0.39, 0.29) is 118 Å². The summed E-state index contributed by atoms with van der Waals surface area (Å²) in [6.45, 7) is 0. The largest absolute Gasteiger partial charge is 1.00 e. The van der Waals surface area contributed by atoms with Crippen molar-refractivity contribution in [2.45, 2.75) is 24.9 Å². The van der Waals surface area contributed by atoms with Crippen LogP contribution in [0.4, 0.5) is 0 Å². The standard InChI is InChI=1S/2C4H7NO4.4Na/c2*5-2(4(8)9)1-3(6)7;;;;/h2*2H,1,5H2,(H,6,7)(H,8,9);;;;/q;;4*+1/p-4/t2*2-;;;;/m10..../s1. The second-order valence-electron chi connectivity index (χ2n) is 3.00. The number of hydrogen-bond donors (Lipinski definition) is 2. The summed E-state index contributed by atoms with van der Waals surface area (Å²) in [6.07, 6.45) is -1.41. The van der Waals surface area contributed by atoms with Crippen molar-refractivity contribution in [1.82, 2.24) is 0 Å². The van der Waals surface area contributed by atoms with Gasteiger partial charge < -0.3 is 51.1 Å². The number of carbonyl (C=O) groups excluding carboxylic acids is 4. The summed E-state index contributed by atoms with van der Waals surface area (Å²) < 4.78 is 0. The van der Waals surface area contributed by atoms with Gasteiger partial charge in [0.1, 0.15) is 0 Å². The first-order valence-electron chi connectivity index (χ1n) is 4.40. The van der Waals surface area contributed by atoms with Crippen LogP contribution in [-0.2, 0) is 19.2 Å². The van der Waals surface area contributed by atoms with Crippen LogP contribution in [0, 0.1) is 0 Å². The summed E-state index contributed by atoms with van der Waals surface area (Å²) in [6, 6.07) is -2.93. The molecule has 0 saturated heterocycles. The predicted octanol–water partition coefficient (Wildman–Crippen LogP) is -19.6. The molecule has 14 heteroatoms. The summed E-state index contributed by atoms with van der Waals surface area (Å²) in [5, 5.41) is 38.7. The van der Waals surface area contributed by atoms with Gasteiger partial charge in [-0.2, -0.15) is 0 Å². The molecule has 104 valence electrons. The summed E-state index contributed by atoms with van der Waals surface area (Å²) >= 11 is 0. The normalized spacial score (nSPS) is 10.3. The molecule has 10 nitrogen and oxygen atoms in total. The van der Waals surface area contributed by atoms with Crippen molar-refractivity contribution in [3.8, 4) is 0 Å². The third-order valence-electron chi connectivity index (χ3n) is 1.38. The van der Waals surface area contributed by atoms with E-state index in [0.717, 1.165) is 0 Å². The molecule has 0 unspecified atom stereocenters. The Morgan fingerprint density at radius 1 is 0.636 bits per heavy atom. The van der Waals surface area contributed by atoms with E-state index in [1.54, 1.807) is 0 Å². The van der Waals surface area contributed by atoms with Gasteiger partial charge in [0.05, 0.1) is 11.9 Å². The first-order chi connectivity index (χ1) is 8.07. The van der Waals surface area contributed by atoms with Crippen LogP contribution in [0.2, 0.25) is 0 Å². The Hall–Kier alpha value is 1.80. The van der Waals surface area contributed by atoms with Crippen molar-refractivity contribution < 1.29 is 158 Å². The molecule has 2 atom stereocenters. The summed E-state index contributed by atoms with van der Waals surface area (Å²) in [5.41, 5.74) is 9.47. The van der Waals surface area contributed by atoms with Crippen molar-refractivity contribution in [3.05, 3.63) is 0 Å². The van der Waals surface area contributed by atoms with Crippen LogP contribution in [0.15, 0.2) is 0 Å². The molecule has 4 N–H and O–H groups in total. The van der Waals surface area contributed by atoms with E-state index in [2.05, 4.69) is 0 Å². The van der Waals surface area contributed by atoms with Crippen LogP contribution in [-0.4, -0.2) is 36.0 Å². The molecule has 0 heterocycles. The van der Waals surface area contributed by atoms with Crippen LogP contribution >= 0.6 is 0 Å². The van der Waals surface area contributed by atoms with Gasteiger partial charge in [-0.1, -0.05) is 0 Å². The van der Waals surface area contributed by atoms with E-state index in [1.807, 2.05) is 0 Å². The first-order valence-corrected chi connectivity index (χ1v) is 4.40. The van der Waals surface area contributed by atoms with Gasteiger partial charge >= 0.3 is 118 Å². The van der Waals surface area contributed by atoms with E-state index in [4.69, 9.17) is 11.5 Å². The number of carboxylic acid groups (broad SMARTS) is 4. The van der Waals surface area contributed by atoms with Crippen molar-refractivity contribution >= 4 is 23.9 Å². The average Bonchev–Trinajstić information content (AvgIpc) is 2.16. The molecular weight excluding hydrogens is 344 g/mol. The number of aliphatic carboxylic acids is 4. The average molecular weight is 354 g/mol. The maximum absolute atomic E-state index is 9.71. The van der Waals surface area contributed by atoms with E-state index in [9.17, 15) is 39.6 Å². The fourth-order valence-electron chi connectivity index (χ4n) is 0.526. The molecule has 0 saturated carbocycles. The van der Waals surface area contributed by atoms with Gasteiger partial charge in [0, 0.05) is 36.9 Å². The molecule has 0 aromatic rings. The van der Waals surface area contributed by atoms with Crippen LogP contribution in [0.1, 0.15) is 12.8 Å². The van der Waals surface area contributed by atoms with Gasteiger partial charge in [-0.15, -0.1) is 0 Å². The number of nitrogens with two attached hydrogens (primary N) is 2. The molecule has 0 aromatic carbocycles. The van der Waals surface area contributed by atoms with Gasteiger partial charge in [-0.25, -0.2) is 0 Å². The molecular formula is C8H10N2Na4O8. The van der Waals surface area contributed by atoms with E-state index in [0.29, 0.717) is 0 Å². The second-order valence-corrected chi connectivity index (χ2v) is 3.00. The number of carboxylic acids is 4. The molecule has 0 amide bonds. The topological polar surface area (TPSA) is 213 Å². The fraction of sp³-hybridized carbons (Fsp3) is 0.500. The molecule has 0 aliphatic heterocycles. The molecule has 0 radical (unpaired) electrons. The van der Waals surface area contributed by atoms with Crippen molar-refractivity contribution in [3.63, 3.8) is 0 Å². The van der Waals surface area contributed by atoms with Crippen LogP contribution in [0.3, 0.4) is 0 Å². The Balaban J connectivity index is -0.0000000492. The maximum Gasteiger partial charge on any atom is 1.00 e. The van der Waals surface area contributed by atoms with E-state index in [1.165, 1.54) is 0 Å². The van der Waals surface area contributed by atoms with Crippen LogP contribution < -0.4 is 150 Å². The van der Waals surface area contributed by atoms with Gasteiger partial charge in [-0.05, 0) is 0 Å². The molecule has 0 aliphatic carbocycles. The van der Waals surface area contributed by atoms with Crippen molar-refractivity contribution in [2.24, 2.45) is 11.5 Å². The Morgan fingerprint density at radius 2 is 0.818 bits per heavy atom. The van der Waals surface area contributed by atoms with Crippen LogP contribution in [0.25, 0.3) is 0 Å². The van der Waals surface area contributed by atoms with Gasteiger partial charge in [0.2, 0.25) is 0 Å². The zero-order chi connectivity index (χ0) is 14.9. The van der Waals surface area contributed by atoms with Gasteiger partial charge in [-0.3, -0.25) is 0 Å². The first kappa shape index (κ1) is 39.0. The molecule has 0 rings (SSSR count). The fourth-order valence-corrected chi connectivity index (χ4v) is 0.526. The van der Waals surface area contributed by atoms with Gasteiger partial charge in [0.25, 0.3) is 0 Å². The van der Waals surface area contributed by atoms with Crippen molar-refractivity contribution in [2.75, 3.05) is 0 Å². The van der Waals surface area contributed by atoms with E-state index >= 15 is 0 Å². The maximum atomic E-state index is 9.71.